The first-order valence-electron chi connectivity index (χ1n) is 4.35. The van der Waals surface area contributed by atoms with E-state index in [9.17, 15) is 0 Å². The summed E-state index contributed by atoms with van der Waals surface area (Å²) < 4.78 is 2.81. The Morgan fingerprint density at radius 1 is 1.33 bits per heavy atom. The summed E-state index contributed by atoms with van der Waals surface area (Å²) in [4.78, 5) is 1.09. The zero-order chi connectivity index (χ0) is 10.8. The van der Waals surface area contributed by atoms with Crippen molar-refractivity contribution in [3.63, 3.8) is 0 Å². The zero-order valence-electron chi connectivity index (χ0n) is 8.31. The van der Waals surface area contributed by atoms with E-state index in [2.05, 4.69) is 31.2 Å². The SMILES string of the molecule is Cc1nnc(C)n1/N=C/c1ccc(Br)s1. The molecule has 2 heterocycles. The van der Waals surface area contributed by atoms with Crippen molar-refractivity contribution in [1.29, 1.82) is 0 Å². The zero-order valence-corrected chi connectivity index (χ0v) is 10.7. The van der Waals surface area contributed by atoms with Gasteiger partial charge in [0, 0.05) is 4.88 Å². The predicted molar refractivity (Wildman–Crippen MR) is 64.5 cm³/mol. The fraction of sp³-hybridized carbons (Fsp3) is 0.222. The minimum atomic E-state index is 0.791. The first kappa shape index (κ1) is 10.5. The third kappa shape index (κ3) is 2.32. The Morgan fingerprint density at radius 3 is 2.53 bits per heavy atom. The molecule has 0 N–H and O–H groups in total. The highest BCUT2D eigenvalue weighted by atomic mass is 79.9. The number of thiophene rings is 1. The van der Waals surface area contributed by atoms with Gasteiger partial charge in [-0.3, -0.25) is 0 Å². The molecule has 0 bridgehead atoms. The van der Waals surface area contributed by atoms with Gasteiger partial charge in [-0.25, -0.2) is 4.68 Å². The number of halogens is 1. The van der Waals surface area contributed by atoms with E-state index in [4.69, 9.17) is 0 Å². The molecule has 78 valence electrons. The van der Waals surface area contributed by atoms with Gasteiger partial charge in [-0.1, -0.05) is 0 Å². The molecule has 0 aliphatic carbocycles. The molecule has 0 saturated heterocycles. The summed E-state index contributed by atoms with van der Waals surface area (Å²) in [5.41, 5.74) is 0. The summed E-state index contributed by atoms with van der Waals surface area (Å²) in [5.74, 6) is 1.58. The highest BCUT2D eigenvalue weighted by Gasteiger charge is 2.01. The van der Waals surface area contributed by atoms with Crippen LogP contribution in [0.4, 0.5) is 0 Å². The molecule has 0 radical (unpaired) electrons. The molecule has 6 heteroatoms. The van der Waals surface area contributed by atoms with E-state index in [1.165, 1.54) is 0 Å². The van der Waals surface area contributed by atoms with Crippen molar-refractivity contribution in [2.24, 2.45) is 5.10 Å². The number of nitrogens with zero attached hydrogens (tertiary/aromatic N) is 4. The van der Waals surface area contributed by atoms with Crippen LogP contribution in [0.5, 0.6) is 0 Å². The summed E-state index contributed by atoms with van der Waals surface area (Å²) in [6, 6.07) is 4.01. The standard InChI is InChI=1S/C9H9BrN4S/c1-6-12-13-7(2)14(6)11-5-8-3-4-9(10)15-8/h3-5H,1-2H3/b11-5+. The van der Waals surface area contributed by atoms with Gasteiger partial charge >= 0.3 is 0 Å². The van der Waals surface area contributed by atoms with Crippen molar-refractivity contribution in [2.45, 2.75) is 13.8 Å². The van der Waals surface area contributed by atoms with Gasteiger partial charge in [-0.15, -0.1) is 21.5 Å². The molecule has 0 unspecified atom stereocenters. The van der Waals surface area contributed by atoms with Crippen molar-refractivity contribution in [3.8, 4) is 0 Å². The second-order valence-electron chi connectivity index (χ2n) is 2.99. The van der Waals surface area contributed by atoms with Crippen LogP contribution in [-0.2, 0) is 0 Å². The van der Waals surface area contributed by atoms with Gasteiger partial charge in [0.25, 0.3) is 0 Å². The van der Waals surface area contributed by atoms with Crippen LogP contribution >= 0.6 is 27.3 Å². The molecular weight excluding hydrogens is 276 g/mol. The Balaban J connectivity index is 2.25. The molecule has 0 aromatic carbocycles. The van der Waals surface area contributed by atoms with Crippen LogP contribution in [0.1, 0.15) is 16.5 Å². The Labute approximate surface area is 99.8 Å². The molecule has 0 aliphatic rings. The minimum absolute atomic E-state index is 0.791. The molecule has 0 amide bonds. The van der Waals surface area contributed by atoms with E-state index in [0.29, 0.717) is 0 Å². The quantitative estimate of drug-likeness (QED) is 0.796. The molecule has 2 rings (SSSR count). The molecule has 0 atom stereocenters. The van der Waals surface area contributed by atoms with Gasteiger partial charge < -0.3 is 0 Å². The third-order valence-corrected chi connectivity index (χ3v) is 3.41. The fourth-order valence-corrected chi connectivity index (χ4v) is 2.43. The van der Waals surface area contributed by atoms with E-state index in [1.54, 1.807) is 22.2 Å². The lowest BCUT2D eigenvalue weighted by atomic mass is 10.5. The molecule has 2 aromatic heterocycles. The highest BCUT2D eigenvalue weighted by molar-refractivity contribution is 9.11. The number of aryl methyl sites for hydroxylation is 2. The fourth-order valence-electron chi connectivity index (χ4n) is 1.14. The van der Waals surface area contributed by atoms with Gasteiger partial charge in [0.05, 0.1) is 10.0 Å². The molecule has 0 fully saturated rings. The first-order valence-corrected chi connectivity index (χ1v) is 5.96. The van der Waals surface area contributed by atoms with Crippen LogP contribution in [-0.4, -0.2) is 21.1 Å². The Bertz CT molecular complexity index is 480. The smallest absolute Gasteiger partial charge is 0.151 e. The van der Waals surface area contributed by atoms with Crippen LogP contribution in [0, 0.1) is 13.8 Å². The Hall–Kier alpha value is -1.01. The maximum absolute atomic E-state index is 4.31. The van der Waals surface area contributed by atoms with Crippen molar-refractivity contribution < 1.29 is 0 Å². The lowest BCUT2D eigenvalue weighted by Crippen LogP contribution is -1.95. The van der Waals surface area contributed by atoms with Crippen molar-refractivity contribution in [2.75, 3.05) is 0 Å². The first-order chi connectivity index (χ1) is 7.16. The van der Waals surface area contributed by atoms with Crippen molar-refractivity contribution in [1.82, 2.24) is 14.9 Å². The largest absolute Gasteiger partial charge is 0.202 e. The Kier molecular flexibility index (Phi) is 2.97. The number of rotatable bonds is 2. The molecular formula is C9H9BrN4S. The summed E-state index contributed by atoms with van der Waals surface area (Å²) in [6.45, 7) is 3.75. The van der Waals surface area contributed by atoms with E-state index < -0.39 is 0 Å². The second kappa shape index (κ2) is 4.24. The molecule has 0 saturated carbocycles. The van der Waals surface area contributed by atoms with Gasteiger partial charge in [-0.05, 0) is 41.9 Å². The van der Waals surface area contributed by atoms with E-state index in [0.717, 1.165) is 20.3 Å². The van der Waals surface area contributed by atoms with Gasteiger partial charge in [0.2, 0.25) is 0 Å². The summed E-state index contributed by atoms with van der Waals surface area (Å²) in [5, 5.41) is 12.2. The van der Waals surface area contributed by atoms with Crippen LogP contribution in [0.3, 0.4) is 0 Å². The average molecular weight is 285 g/mol. The second-order valence-corrected chi connectivity index (χ2v) is 5.49. The third-order valence-electron chi connectivity index (χ3n) is 1.85. The molecule has 2 aromatic rings. The van der Waals surface area contributed by atoms with Crippen LogP contribution in [0.15, 0.2) is 21.0 Å². The van der Waals surface area contributed by atoms with E-state index >= 15 is 0 Å². The van der Waals surface area contributed by atoms with Crippen LogP contribution < -0.4 is 0 Å². The average Bonchev–Trinajstić information content (AvgIpc) is 2.73. The molecule has 15 heavy (non-hydrogen) atoms. The molecule has 4 nitrogen and oxygen atoms in total. The lowest BCUT2D eigenvalue weighted by Gasteiger charge is -1.95. The topological polar surface area (TPSA) is 43.1 Å². The van der Waals surface area contributed by atoms with Crippen LogP contribution in [0.2, 0.25) is 0 Å². The minimum Gasteiger partial charge on any atom is -0.202 e. The summed E-state index contributed by atoms with van der Waals surface area (Å²) in [7, 11) is 0. The molecule has 0 aliphatic heterocycles. The monoisotopic (exact) mass is 284 g/mol. The maximum Gasteiger partial charge on any atom is 0.151 e. The van der Waals surface area contributed by atoms with Crippen LogP contribution in [0.25, 0.3) is 0 Å². The highest BCUT2D eigenvalue weighted by Crippen LogP contribution is 2.20. The Morgan fingerprint density at radius 2 is 2.00 bits per heavy atom. The van der Waals surface area contributed by atoms with Gasteiger partial charge in [0.1, 0.15) is 0 Å². The summed E-state index contributed by atoms with van der Waals surface area (Å²) >= 11 is 5.04. The number of aromatic nitrogens is 3. The summed E-state index contributed by atoms with van der Waals surface area (Å²) in [6.07, 6.45) is 1.80. The van der Waals surface area contributed by atoms with E-state index in [-0.39, 0.29) is 0 Å². The van der Waals surface area contributed by atoms with E-state index in [1.807, 2.05) is 26.0 Å². The normalized spacial score (nSPS) is 11.4. The number of hydrogen-bond donors (Lipinski definition) is 0. The van der Waals surface area contributed by atoms with Crippen molar-refractivity contribution >= 4 is 33.5 Å². The van der Waals surface area contributed by atoms with Gasteiger partial charge in [-0.2, -0.15) is 5.10 Å². The molecule has 0 spiro atoms. The lowest BCUT2D eigenvalue weighted by molar-refractivity contribution is 0.799. The van der Waals surface area contributed by atoms with Gasteiger partial charge in [0.15, 0.2) is 11.6 Å². The van der Waals surface area contributed by atoms with Crippen molar-refractivity contribution in [3.05, 3.63) is 32.4 Å². The maximum atomic E-state index is 4.31. The predicted octanol–water partition coefficient (Wildman–Crippen LogP) is 2.60. The number of hydrogen-bond acceptors (Lipinski definition) is 4.